The molecule has 0 aliphatic heterocycles. The zero-order valence-electron chi connectivity index (χ0n) is 17.4. The van der Waals surface area contributed by atoms with E-state index in [2.05, 4.69) is 19.2 Å². The third kappa shape index (κ3) is 10.1. The number of unbranched alkanes of at least 4 members (excludes halogenated alkanes) is 2. The average Bonchev–Trinajstić information content (AvgIpc) is 2.67. The van der Waals surface area contributed by atoms with Gasteiger partial charge in [-0.2, -0.15) is 0 Å². The minimum Gasteiger partial charge on any atom is -0.497 e. The van der Waals surface area contributed by atoms with Crippen LogP contribution in [0.1, 0.15) is 59.3 Å². The van der Waals surface area contributed by atoms with Crippen LogP contribution in [0, 0.1) is 30.3 Å². The molecule has 0 heterocycles. The van der Waals surface area contributed by atoms with Crippen LogP contribution < -0.4 is 5.32 Å². The SMILES string of the molecule is CCCCC(CCCC)NCC(C)O.O=[N+]([O-])c1cc([N+](=O)[O-])c(O)c([N+](=O)[O-])c1. The number of aromatic hydroxyl groups is 1. The van der Waals surface area contributed by atoms with Crippen LogP contribution in [0.2, 0.25) is 0 Å². The van der Waals surface area contributed by atoms with Crippen LogP contribution in [0.4, 0.5) is 17.1 Å². The average molecular weight is 430 g/mol. The largest absolute Gasteiger partial charge is 0.497 e. The van der Waals surface area contributed by atoms with Crippen LogP contribution in [0.25, 0.3) is 0 Å². The molecule has 0 saturated carbocycles. The first-order chi connectivity index (χ1) is 14.0. The molecule has 0 amide bonds. The number of nitrogens with one attached hydrogen (secondary N) is 1. The number of non-ortho nitro benzene ring substituents is 1. The highest BCUT2D eigenvalue weighted by Crippen LogP contribution is 2.38. The second-order valence-electron chi connectivity index (χ2n) is 6.84. The van der Waals surface area contributed by atoms with Crippen LogP contribution in [-0.4, -0.2) is 43.7 Å². The van der Waals surface area contributed by atoms with Gasteiger partial charge in [0.1, 0.15) is 0 Å². The smallest absolute Gasteiger partial charge is 0.324 e. The van der Waals surface area contributed by atoms with Crippen LogP contribution >= 0.6 is 0 Å². The van der Waals surface area contributed by atoms with Crippen molar-refractivity contribution in [2.75, 3.05) is 6.54 Å². The molecule has 0 bridgehead atoms. The monoisotopic (exact) mass is 430 g/mol. The second-order valence-corrected chi connectivity index (χ2v) is 6.84. The maximum Gasteiger partial charge on any atom is 0.324 e. The summed E-state index contributed by atoms with van der Waals surface area (Å²) in [6, 6.07) is 1.51. The van der Waals surface area contributed by atoms with E-state index in [9.17, 15) is 35.4 Å². The van der Waals surface area contributed by atoms with Crippen molar-refractivity contribution in [2.45, 2.75) is 71.4 Å². The summed E-state index contributed by atoms with van der Waals surface area (Å²) >= 11 is 0. The van der Waals surface area contributed by atoms with Crippen LogP contribution in [0.15, 0.2) is 12.1 Å². The van der Waals surface area contributed by atoms with E-state index >= 15 is 0 Å². The fraction of sp³-hybridized carbons (Fsp3) is 0.667. The van der Waals surface area contributed by atoms with E-state index in [1.54, 1.807) is 0 Å². The lowest BCUT2D eigenvalue weighted by Gasteiger charge is -2.19. The normalized spacial score (nSPS) is 11.5. The molecule has 1 aromatic carbocycles. The van der Waals surface area contributed by atoms with E-state index in [-0.39, 0.29) is 6.10 Å². The molecule has 0 aromatic heterocycles. The molecule has 170 valence electrons. The summed E-state index contributed by atoms with van der Waals surface area (Å²) in [6.07, 6.45) is 7.40. The van der Waals surface area contributed by atoms with Gasteiger partial charge in [0.15, 0.2) is 0 Å². The van der Waals surface area contributed by atoms with E-state index in [0.717, 1.165) is 6.54 Å². The minimum atomic E-state index is -1.21. The van der Waals surface area contributed by atoms with Gasteiger partial charge in [-0.25, -0.2) is 0 Å². The molecule has 0 aliphatic carbocycles. The fourth-order valence-electron chi connectivity index (χ4n) is 2.56. The molecule has 0 radical (unpaired) electrons. The van der Waals surface area contributed by atoms with Crippen LogP contribution in [-0.2, 0) is 0 Å². The first-order valence-corrected chi connectivity index (χ1v) is 9.76. The lowest BCUT2D eigenvalue weighted by Crippen LogP contribution is -2.34. The summed E-state index contributed by atoms with van der Waals surface area (Å²) in [5.41, 5.74) is -3.00. The Hall–Kier alpha value is -2.86. The third-order valence-electron chi connectivity index (χ3n) is 4.17. The van der Waals surface area contributed by atoms with Crippen LogP contribution in [0.3, 0.4) is 0 Å². The van der Waals surface area contributed by atoms with Crippen LogP contribution in [0.5, 0.6) is 5.75 Å². The lowest BCUT2D eigenvalue weighted by atomic mass is 10.0. The van der Waals surface area contributed by atoms with Gasteiger partial charge in [0.2, 0.25) is 0 Å². The van der Waals surface area contributed by atoms with Gasteiger partial charge in [-0.05, 0) is 19.8 Å². The molecule has 0 spiro atoms. The van der Waals surface area contributed by atoms with Crippen molar-refractivity contribution in [3.63, 3.8) is 0 Å². The Bertz CT molecular complexity index is 668. The molecule has 1 unspecified atom stereocenters. The highest BCUT2D eigenvalue weighted by Gasteiger charge is 2.30. The number of rotatable bonds is 12. The Morgan fingerprint density at radius 2 is 1.37 bits per heavy atom. The topological polar surface area (TPSA) is 182 Å². The number of hydrogen-bond acceptors (Lipinski definition) is 9. The van der Waals surface area contributed by atoms with Gasteiger partial charge < -0.3 is 15.5 Å². The molecule has 12 heteroatoms. The lowest BCUT2D eigenvalue weighted by molar-refractivity contribution is -0.404. The van der Waals surface area contributed by atoms with E-state index < -0.39 is 37.6 Å². The summed E-state index contributed by atoms with van der Waals surface area (Å²) in [5, 5.41) is 52.8. The first kappa shape index (κ1) is 27.1. The molecule has 0 aliphatic rings. The summed E-state index contributed by atoms with van der Waals surface area (Å²) in [7, 11) is 0. The van der Waals surface area contributed by atoms with Crippen molar-refractivity contribution in [3.8, 4) is 5.75 Å². The first-order valence-electron chi connectivity index (χ1n) is 9.76. The number of hydrogen-bond donors (Lipinski definition) is 3. The number of aliphatic hydroxyl groups is 1. The Kier molecular flexibility index (Phi) is 12.8. The van der Waals surface area contributed by atoms with Crippen molar-refractivity contribution in [1.82, 2.24) is 5.32 Å². The van der Waals surface area contributed by atoms with Gasteiger partial charge in [-0.15, -0.1) is 0 Å². The predicted molar refractivity (Wildman–Crippen MR) is 111 cm³/mol. The van der Waals surface area contributed by atoms with Crippen molar-refractivity contribution >= 4 is 17.1 Å². The Balaban J connectivity index is 0.000000567. The number of nitro benzene ring substituents is 3. The molecule has 1 rings (SSSR count). The molecule has 0 saturated heterocycles. The standard InChI is InChI=1S/C12H27NO.C6H3N3O7/c1-4-6-8-12(9-7-5-2)13-10-11(3)14;10-6-4(8(13)14)1-3(7(11)12)2-5(6)9(15)16/h11-14H,4-10H2,1-3H3;1-2,10H. The van der Waals surface area contributed by atoms with Crippen molar-refractivity contribution in [3.05, 3.63) is 42.5 Å². The number of aliphatic hydroxyl groups excluding tert-OH is 1. The van der Waals surface area contributed by atoms with E-state index in [1.807, 2.05) is 6.92 Å². The minimum absolute atomic E-state index is 0.222. The second kappa shape index (κ2) is 14.2. The van der Waals surface area contributed by atoms with Gasteiger partial charge >= 0.3 is 11.4 Å². The fourth-order valence-corrected chi connectivity index (χ4v) is 2.56. The van der Waals surface area contributed by atoms with E-state index in [0.29, 0.717) is 18.2 Å². The zero-order valence-corrected chi connectivity index (χ0v) is 17.4. The molecule has 12 nitrogen and oxygen atoms in total. The summed E-state index contributed by atoms with van der Waals surface area (Å²) in [5.74, 6) is -1.21. The third-order valence-corrected chi connectivity index (χ3v) is 4.17. The summed E-state index contributed by atoms with van der Waals surface area (Å²) < 4.78 is 0. The van der Waals surface area contributed by atoms with Gasteiger partial charge in [0, 0.05) is 12.6 Å². The summed E-state index contributed by atoms with van der Waals surface area (Å²) in [6.45, 7) is 7.03. The molecule has 1 aromatic rings. The molecule has 30 heavy (non-hydrogen) atoms. The highest BCUT2D eigenvalue weighted by atomic mass is 16.6. The highest BCUT2D eigenvalue weighted by molar-refractivity contribution is 5.64. The van der Waals surface area contributed by atoms with Gasteiger partial charge in [0.25, 0.3) is 11.4 Å². The predicted octanol–water partition coefficient (Wildman–Crippen LogP) is 3.82. The number of phenolic OH excluding ortho intramolecular Hbond substituents is 1. The summed E-state index contributed by atoms with van der Waals surface area (Å²) in [4.78, 5) is 27.8. The van der Waals surface area contributed by atoms with Crippen molar-refractivity contribution in [1.29, 1.82) is 0 Å². The van der Waals surface area contributed by atoms with Gasteiger partial charge in [-0.3, -0.25) is 30.3 Å². The molecule has 1 atom stereocenters. The van der Waals surface area contributed by atoms with Gasteiger partial charge in [-0.1, -0.05) is 39.5 Å². The van der Waals surface area contributed by atoms with E-state index in [4.69, 9.17) is 5.11 Å². The van der Waals surface area contributed by atoms with Gasteiger partial charge in [0.05, 0.1) is 33.0 Å². The molecular weight excluding hydrogens is 400 g/mol. The number of nitrogens with zero attached hydrogens (tertiary/aromatic N) is 3. The Labute approximate surface area is 174 Å². The Morgan fingerprint density at radius 1 is 0.933 bits per heavy atom. The zero-order chi connectivity index (χ0) is 23.3. The molecule has 0 fully saturated rings. The van der Waals surface area contributed by atoms with E-state index in [1.165, 1.54) is 38.5 Å². The number of nitro groups is 3. The molecular formula is C18H30N4O8. The van der Waals surface area contributed by atoms with Crippen molar-refractivity contribution < 1.29 is 25.0 Å². The quantitative estimate of drug-likeness (QED) is 0.328. The maximum atomic E-state index is 10.4. The Morgan fingerprint density at radius 3 is 1.67 bits per heavy atom. The number of phenols is 1. The molecule has 3 N–H and O–H groups in total. The number of benzene rings is 1. The van der Waals surface area contributed by atoms with Crippen molar-refractivity contribution in [2.24, 2.45) is 0 Å². The maximum absolute atomic E-state index is 10.4.